The molecule has 1 aromatic heterocycles. The van der Waals surface area contributed by atoms with Crippen molar-refractivity contribution in [3.8, 4) is 0 Å². The summed E-state index contributed by atoms with van der Waals surface area (Å²) in [4.78, 5) is 21.3. The molecule has 1 amide bonds. The predicted octanol–water partition coefficient (Wildman–Crippen LogP) is 5.99. The largest absolute Gasteiger partial charge is 0.453 e. The molecule has 2 aromatic carbocycles. The van der Waals surface area contributed by atoms with Gasteiger partial charge in [0.25, 0.3) is 5.82 Å². The van der Waals surface area contributed by atoms with Crippen LogP contribution in [0.3, 0.4) is 0 Å². The minimum Gasteiger partial charge on any atom is -0.325 e. The molecule has 0 fully saturated rings. The van der Waals surface area contributed by atoms with Crippen LogP contribution in [0.1, 0.15) is 60.8 Å². The van der Waals surface area contributed by atoms with Gasteiger partial charge in [0, 0.05) is 11.4 Å². The van der Waals surface area contributed by atoms with Gasteiger partial charge in [0.1, 0.15) is 5.92 Å². The Morgan fingerprint density at radius 2 is 1.74 bits per heavy atom. The maximum absolute atomic E-state index is 13.5. The number of anilines is 1. The molecular weight excluding hydrogens is 443 g/mol. The van der Waals surface area contributed by atoms with Crippen molar-refractivity contribution in [1.29, 1.82) is 0 Å². The summed E-state index contributed by atoms with van der Waals surface area (Å²) in [5, 5.41) is 6.67. The van der Waals surface area contributed by atoms with E-state index in [4.69, 9.17) is 0 Å². The monoisotopic (exact) mass is 469 g/mol. The Balaban J connectivity index is 1.80. The molecule has 2 heterocycles. The second-order valence-corrected chi connectivity index (χ2v) is 8.98. The van der Waals surface area contributed by atoms with Crippen LogP contribution in [0.4, 0.5) is 24.8 Å². The molecule has 0 aliphatic carbocycles. The van der Waals surface area contributed by atoms with Gasteiger partial charge in [-0.25, -0.2) is 9.67 Å². The molecule has 1 aliphatic heterocycles. The van der Waals surface area contributed by atoms with Gasteiger partial charge in [0.05, 0.1) is 6.04 Å². The third-order valence-corrected chi connectivity index (χ3v) is 6.04. The molecule has 3 aromatic rings. The fraction of sp³-hybridized carbons (Fsp3) is 0.360. The van der Waals surface area contributed by atoms with Crippen LogP contribution < -0.4 is 5.32 Å². The Morgan fingerprint density at radius 3 is 2.32 bits per heavy atom. The van der Waals surface area contributed by atoms with Crippen LogP contribution in [0, 0.1) is 19.8 Å². The van der Waals surface area contributed by atoms with Gasteiger partial charge in [-0.15, -0.1) is 5.10 Å². The zero-order valence-electron chi connectivity index (χ0n) is 19.6. The number of hydrogen-bond donors (Lipinski definition) is 1. The molecule has 0 bridgehead atoms. The van der Waals surface area contributed by atoms with E-state index < -0.39 is 24.0 Å². The van der Waals surface area contributed by atoms with Crippen LogP contribution in [-0.4, -0.2) is 26.4 Å². The highest BCUT2D eigenvalue weighted by atomic mass is 19.4. The first-order valence-corrected chi connectivity index (χ1v) is 11.0. The first-order chi connectivity index (χ1) is 16.0. The molecule has 2 atom stereocenters. The number of alkyl halides is 3. The minimum absolute atomic E-state index is 0.168. The van der Waals surface area contributed by atoms with Crippen LogP contribution in [0.15, 0.2) is 47.5 Å². The summed E-state index contributed by atoms with van der Waals surface area (Å²) in [6.07, 6.45) is -4.73. The topological polar surface area (TPSA) is 72.2 Å². The average molecular weight is 470 g/mol. The molecule has 178 valence electrons. The van der Waals surface area contributed by atoms with Crippen molar-refractivity contribution in [2.45, 2.75) is 52.8 Å². The molecule has 0 spiro atoms. The molecular formula is C25H26F3N5O. The Labute approximate surface area is 195 Å². The summed E-state index contributed by atoms with van der Waals surface area (Å²) >= 11 is 0. The van der Waals surface area contributed by atoms with Gasteiger partial charge in [-0.3, -0.25) is 4.79 Å². The number of carbonyl (C=O) groups excluding carboxylic acids is 1. The highest BCUT2D eigenvalue weighted by Crippen LogP contribution is 2.39. The summed E-state index contributed by atoms with van der Waals surface area (Å²) in [6.45, 7) is 9.58. The fourth-order valence-electron chi connectivity index (χ4n) is 4.20. The number of aryl methyl sites for hydroxylation is 2. The zero-order valence-corrected chi connectivity index (χ0v) is 19.6. The van der Waals surface area contributed by atoms with Gasteiger partial charge < -0.3 is 5.32 Å². The predicted molar refractivity (Wildman–Crippen MR) is 124 cm³/mol. The zero-order chi connectivity index (χ0) is 24.8. The first-order valence-electron chi connectivity index (χ1n) is 11.0. The normalized spacial score (nSPS) is 18.0. The van der Waals surface area contributed by atoms with Crippen molar-refractivity contribution < 1.29 is 18.0 Å². The Bertz CT molecular complexity index is 1260. The lowest BCUT2D eigenvalue weighted by molar-refractivity contribution is -0.145. The van der Waals surface area contributed by atoms with Crippen molar-refractivity contribution >= 4 is 23.3 Å². The van der Waals surface area contributed by atoms with Crippen LogP contribution in [0.25, 0.3) is 0 Å². The summed E-state index contributed by atoms with van der Waals surface area (Å²) < 4.78 is 41.3. The van der Waals surface area contributed by atoms with E-state index in [1.807, 2.05) is 56.3 Å². The number of nitrogens with one attached hydrogen (secondary N) is 1. The van der Waals surface area contributed by atoms with E-state index in [-0.39, 0.29) is 17.8 Å². The van der Waals surface area contributed by atoms with E-state index in [0.29, 0.717) is 17.0 Å². The van der Waals surface area contributed by atoms with Gasteiger partial charge in [-0.2, -0.15) is 18.2 Å². The third kappa shape index (κ3) is 4.47. The number of aliphatic imine (C=N–C) groups is 1. The number of fused-ring (bicyclic) bond motifs is 1. The van der Waals surface area contributed by atoms with Crippen LogP contribution in [-0.2, 0) is 11.0 Å². The first kappa shape index (κ1) is 23.7. The third-order valence-electron chi connectivity index (χ3n) is 6.04. The summed E-state index contributed by atoms with van der Waals surface area (Å²) in [6, 6.07) is 12.3. The lowest BCUT2D eigenvalue weighted by Gasteiger charge is -2.30. The quantitative estimate of drug-likeness (QED) is 0.510. The van der Waals surface area contributed by atoms with E-state index in [2.05, 4.69) is 34.2 Å². The lowest BCUT2D eigenvalue weighted by Crippen LogP contribution is -2.39. The van der Waals surface area contributed by atoms with Crippen LogP contribution in [0.2, 0.25) is 0 Å². The smallest absolute Gasteiger partial charge is 0.325 e. The lowest BCUT2D eigenvalue weighted by atomic mass is 9.86. The molecule has 0 saturated heterocycles. The number of amides is 1. The van der Waals surface area contributed by atoms with Gasteiger partial charge >= 0.3 is 6.18 Å². The van der Waals surface area contributed by atoms with Crippen molar-refractivity contribution in [3.05, 3.63) is 70.5 Å². The minimum atomic E-state index is -4.73. The van der Waals surface area contributed by atoms with Gasteiger partial charge in [0.2, 0.25) is 11.9 Å². The van der Waals surface area contributed by atoms with Gasteiger partial charge in [-0.05, 0) is 49.4 Å². The Morgan fingerprint density at radius 1 is 1.06 bits per heavy atom. The maximum Gasteiger partial charge on any atom is 0.453 e. The summed E-state index contributed by atoms with van der Waals surface area (Å²) in [5.74, 6) is -2.41. The van der Waals surface area contributed by atoms with E-state index in [1.165, 1.54) is 0 Å². The molecule has 2 unspecified atom stereocenters. The fourth-order valence-corrected chi connectivity index (χ4v) is 4.20. The van der Waals surface area contributed by atoms with Gasteiger partial charge in [0.15, 0.2) is 0 Å². The van der Waals surface area contributed by atoms with Crippen molar-refractivity contribution in [2.24, 2.45) is 10.9 Å². The number of aromatic nitrogens is 3. The molecule has 0 radical (unpaired) electrons. The Hall–Kier alpha value is -3.49. The number of nitrogens with zero attached hydrogens (tertiary/aromatic N) is 4. The van der Waals surface area contributed by atoms with E-state index in [0.717, 1.165) is 21.4 Å². The number of carbonyl (C=O) groups is 1. The molecule has 6 nitrogen and oxygen atoms in total. The maximum atomic E-state index is 13.5. The number of rotatable bonds is 4. The van der Waals surface area contributed by atoms with Gasteiger partial charge in [-0.1, -0.05) is 55.8 Å². The molecule has 4 rings (SSSR count). The highest BCUT2D eigenvalue weighted by molar-refractivity contribution is 6.10. The molecule has 34 heavy (non-hydrogen) atoms. The second-order valence-electron chi connectivity index (χ2n) is 8.98. The number of hydrogen-bond acceptors (Lipinski definition) is 4. The van der Waals surface area contributed by atoms with Crippen molar-refractivity contribution in [2.75, 3.05) is 5.32 Å². The van der Waals surface area contributed by atoms with E-state index in [9.17, 15) is 18.0 Å². The second kappa shape index (κ2) is 8.70. The molecule has 1 N–H and O–H groups in total. The van der Waals surface area contributed by atoms with Crippen molar-refractivity contribution in [1.82, 2.24) is 14.8 Å². The molecule has 1 aliphatic rings. The Kier molecular flexibility index (Phi) is 6.05. The van der Waals surface area contributed by atoms with Crippen LogP contribution >= 0.6 is 0 Å². The van der Waals surface area contributed by atoms with Crippen LogP contribution in [0.5, 0.6) is 0 Å². The summed E-state index contributed by atoms with van der Waals surface area (Å²) in [7, 11) is 0. The number of halogens is 3. The average Bonchev–Trinajstić information content (AvgIpc) is 3.19. The SMILES string of the molecule is CC1=Nc2nc(C(F)(F)F)nn2C(c2ccc(C(C)C)cc2)C1C(=O)Nc1ccc(C)cc1C. The van der Waals surface area contributed by atoms with E-state index in [1.54, 1.807) is 6.92 Å². The van der Waals surface area contributed by atoms with Crippen molar-refractivity contribution in [3.63, 3.8) is 0 Å². The molecule has 9 heteroatoms. The standard InChI is InChI=1S/C25H26F3N5O/c1-13(2)17-7-9-18(10-8-17)21-20(22(34)30-19-11-6-14(3)12-15(19)4)16(5)29-24-31-23(25(26,27)28)32-33(21)24/h6-13,20-21H,1-5H3,(H,30,34). The molecule has 0 saturated carbocycles. The summed E-state index contributed by atoms with van der Waals surface area (Å²) in [5.41, 5.74) is 4.68. The van der Waals surface area contributed by atoms with E-state index >= 15 is 0 Å². The number of benzene rings is 2. The highest BCUT2D eigenvalue weighted by Gasteiger charge is 2.43.